The topological polar surface area (TPSA) is 117 Å². The molecule has 8 nitrogen and oxygen atoms in total. The van der Waals surface area contributed by atoms with Gasteiger partial charge in [0, 0.05) is 12.5 Å². The largest absolute Gasteiger partial charge is 0.516 e. The second kappa shape index (κ2) is 12.7. The average Bonchev–Trinajstić information content (AvgIpc) is 3.24. The molecule has 1 aliphatic rings. The quantitative estimate of drug-likeness (QED) is 0.230. The molecule has 3 N–H and O–H groups in total. The number of benzene rings is 3. The Labute approximate surface area is 215 Å². The van der Waals surface area contributed by atoms with Gasteiger partial charge in [0.15, 0.2) is 0 Å². The zero-order valence-corrected chi connectivity index (χ0v) is 20.4. The van der Waals surface area contributed by atoms with Crippen LogP contribution in [-0.2, 0) is 25.6 Å². The van der Waals surface area contributed by atoms with Crippen LogP contribution >= 0.6 is 0 Å². The first-order valence-electron chi connectivity index (χ1n) is 12.3. The first kappa shape index (κ1) is 25.9. The van der Waals surface area contributed by atoms with Gasteiger partial charge in [0.2, 0.25) is 0 Å². The molecule has 0 bridgehead atoms. The fourth-order valence-electron chi connectivity index (χ4n) is 4.35. The second-order valence-corrected chi connectivity index (χ2v) is 8.80. The molecule has 0 saturated carbocycles. The molecule has 0 spiro atoms. The number of carbonyl (C=O) groups is 3. The van der Waals surface area contributed by atoms with Crippen LogP contribution in [0.1, 0.15) is 41.9 Å². The number of rotatable bonds is 10. The zero-order valence-electron chi connectivity index (χ0n) is 20.4. The predicted molar refractivity (Wildman–Crippen MR) is 138 cm³/mol. The molecule has 1 aliphatic carbocycles. The van der Waals surface area contributed by atoms with Gasteiger partial charge >= 0.3 is 18.2 Å². The van der Waals surface area contributed by atoms with Gasteiger partial charge in [-0.15, -0.1) is 0 Å². The van der Waals surface area contributed by atoms with Crippen molar-refractivity contribution in [1.82, 2.24) is 5.32 Å². The van der Waals surface area contributed by atoms with E-state index < -0.39 is 24.3 Å². The Morgan fingerprint density at radius 2 is 1.43 bits per heavy atom. The standard InChI is InChI=1S/C29H30N2O6/c30-26(16-8-9-17-31-28(33)35-18-20-10-2-1-3-11-20)27(32)37-29(34)36-19-25-23-14-6-4-12-21(23)22-13-5-7-15-24(22)25/h1-7,10-15,25-26H,8-9,16-19,30H2,(H,31,33)/t26-/m1/s1. The van der Waals surface area contributed by atoms with Crippen molar-refractivity contribution in [3.63, 3.8) is 0 Å². The number of amides is 1. The molecule has 0 radical (unpaired) electrons. The highest BCUT2D eigenvalue weighted by Crippen LogP contribution is 2.44. The molecule has 4 rings (SSSR count). The minimum Gasteiger partial charge on any atom is -0.445 e. The number of nitrogens with two attached hydrogens (primary N) is 1. The van der Waals surface area contributed by atoms with Crippen LogP contribution in [0, 0.1) is 0 Å². The van der Waals surface area contributed by atoms with Gasteiger partial charge in [-0.25, -0.2) is 14.4 Å². The summed E-state index contributed by atoms with van der Waals surface area (Å²) in [6.45, 7) is 0.627. The molecule has 0 saturated heterocycles. The number of ether oxygens (including phenoxy) is 3. The van der Waals surface area contributed by atoms with E-state index in [9.17, 15) is 14.4 Å². The fraction of sp³-hybridized carbons (Fsp3) is 0.276. The second-order valence-electron chi connectivity index (χ2n) is 8.80. The van der Waals surface area contributed by atoms with Gasteiger partial charge in [-0.2, -0.15) is 0 Å². The van der Waals surface area contributed by atoms with Crippen molar-refractivity contribution in [2.24, 2.45) is 5.73 Å². The Hall–Kier alpha value is -4.17. The van der Waals surface area contributed by atoms with Gasteiger partial charge in [0.1, 0.15) is 19.3 Å². The number of hydrogen-bond acceptors (Lipinski definition) is 7. The number of hydrogen-bond donors (Lipinski definition) is 2. The molecular weight excluding hydrogens is 472 g/mol. The van der Waals surface area contributed by atoms with Crippen LogP contribution in [0.4, 0.5) is 9.59 Å². The minimum absolute atomic E-state index is 0.0570. The summed E-state index contributed by atoms with van der Waals surface area (Å²) in [5.41, 5.74) is 11.1. The van der Waals surface area contributed by atoms with E-state index in [1.807, 2.05) is 78.9 Å². The molecule has 0 aliphatic heterocycles. The summed E-state index contributed by atoms with van der Waals surface area (Å²) in [6, 6.07) is 24.3. The van der Waals surface area contributed by atoms with Crippen LogP contribution < -0.4 is 11.1 Å². The highest BCUT2D eigenvalue weighted by Gasteiger charge is 2.29. The molecule has 0 fully saturated rings. The third-order valence-electron chi connectivity index (χ3n) is 6.24. The average molecular weight is 503 g/mol. The molecule has 0 aromatic heterocycles. The van der Waals surface area contributed by atoms with Crippen molar-refractivity contribution in [2.75, 3.05) is 13.2 Å². The van der Waals surface area contributed by atoms with Crippen molar-refractivity contribution in [3.8, 4) is 11.1 Å². The zero-order chi connectivity index (χ0) is 26.0. The Morgan fingerprint density at radius 1 is 0.811 bits per heavy atom. The van der Waals surface area contributed by atoms with Crippen LogP contribution in [0.5, 0.6) is 0 Å². The lowest BCUT2D eigenvalue weighted by atomic mass is 9.98. The van der Waals surface area contributed by atoms with Gasteiger partial charge in [-0.1, -0.05) is 78.9 Å². The van der Waals surface area contributed by atoms with Gasteiger partial charge in [-0.3, -0.25) is 0 Å². The maximum atomic E-state index is 12.2. The van der Waals surface area contributed by atoms with Gasteiger partial charge in [0.25, 0.3) is 0 Å². The van der Waals surface area contributed by atoms with Crippen LogP contribution in [-0.4, -0.2) is 37.4 Å². The smallest absolute Gasteiger partial charge is 0.445 e. The molecular formula is C29H30N2O6. The summed E-state index contributed by atoms with van der Waals surface area (Å²) >= 11 is 0. The summed E-state index contributed by atoms with van der Waals surface area (Å²) in [5, 5.41) is 2.65. The van der Waals surface area contributed by atoms with Crippen LogP contribution in [0.3, 0.4) is 0 Å². The SMILES string of the molecule is N[C@H](CCCCNC(=O)OCc1ccccc1)C(=O)OC(=O)OCC1c2ccccc2-c2ccccc21. The lowest BCUT2D eigenvalue weighted by Gasteiger charge is -2.14. The molecule has 3 aromatic carbocycles. The monoisotopic (exact) mass is 502 g/mol. The van der Waals surface area contributed by atoms with E-state index in [-0.39, 0.29) is 19.1 Å². The lowest BCUT2D eigenvalue weighted by molar-refractivity contribution is -0.141. The Balaban J connectivity index is 1.12. The third kappa shape index (κ3) is 6.95. The molecule has 1 amide bonds. The number of nitrogens with one attached hydrogen (secondary N) is 1. The maximum absolute atomic E-state index is 12.2. The molecule has 192 valence electrons. The van der Waals surface area contributed by atoms with E-state index in [1.165, 1.54) is 0 Å². The van der Waals surface area contributed by atoms with Crippen molar-refractivity contribution >= 4 is 18.2 Å². The maximum Gasteiger partial charge on any atom is 0.516 e. The van der Waals surface area contributed by atoms with E-state index >= 15 is 0 Å². The van der Waals surface area contributed by atoms with E-state index in [0.717, 1.165) is 27.8 Å². The lowest BCUT2D eigenvalue weighted by Crippen LogP contribution is -2.34. The minimum atomic E-state index is -1.06. The Kier molecular flexibility index (Phi) is 8.89. The Morgan fingerprint density at radius 3 is 2.11 bits per heavy atom. The number of esters is 1. The summed E-state index contributed by atoms with van der Waals surface area (Å²) in [7, 11) is 0. The van der Waals surface area contributed by atoms with Crippen LogP contribution in [0.15, 0.2) is 78.9 Å². The van der Waals surface area contributed by atoms with E-state index in [0.29, 0.717) is 25.8 Å². The van der Waals surface area contributed by atoms with Crippen LogP contribution in [0.2, 0.25) is 0 Å². The third-order valence-corrected chi connectivity index (χ3v) is 6.24. The predicted octanol–water partition coefficient (Wildman–Crippen LogP) is 4.90. The number of carbonyl (C=O) groups excluding carboxylic acids is 3. The Bertz CT molecular complexity index is 1180. The number of unbranched alkanes of at least 4 members (excludes halogenated alkanes) is 1. The highest BCUT2D eigenvalue weighted by atomic mass is 16.7. The molecule has 3 aromatic rings. The first-order valence-corrected chi connectivity index (χ1v) is 12.3. The summed E-state index contributed by atoms with van der Waals surface area (Å²) < 4.78 is 15.2. The van der Waals surface area contributed by atoms with Gasteiger partial charge in [0.05, 0.1) is 0 Å². The van der Waals surface area contributed by atoms with E-state index in [4.69, 9.17) is 19.9 Å². The van der Waals surface area contributed by atoms with Gasteiger partial charge < -0.3 is 25.3 Å². The molecule has 0 heterocycles. The molecule has 37 heavy (non-hydrogen) atoms. The molecule has 8 heteroatoms. The van der Waals surface area contributed by atoms with Crippen molar-refractivity contribution < 1.29 is 28.6 Å². The van der Waals surface area contributed by atoms with Gasteiger partial charge in [-0.05, 0) is 47.1 Å². The summed E-state index contributed by atoms with van der Waals surface area (Å²) in [4.78, 5) is 36.1. The summed E-state index contributed by atoms with van der Waals surface area (Å²) in [5.74, 6) is -0.969. The van der Waals surface area contributed by atoms with E-state index in [2.05, 4.69) is 5.32 Å². The van der Waals surface area contributed by atoms with Crippen molar-refractivity contribution in [3.05, 3.63) is 95.6 Å². The number of fused-ring (bicyclic) bond motifs is 3. The summed E-state index contributed by atoms with van der Waals surface area (Å²) in [6.07, 6.45) is -0.129. The highest BCUT2D eigenvalue weighted by molar-refractivity contribution is 5.85. The molecule has 1 atom stereocenters. The number of alkyl carbamates (subject to hydrolysis) is 1. The van der Waals surface area contributed by atoms with Crippen molar-refractivity contribution in [2.45, 2.75) is 37.8 Å². The fourth-order valence-corrected chi connectivity index (χ4v) is 4.35. The first-order chi connectivity index (χ1) is 18.0. The van der Waals surface area contributed by atoms with Crippen LogP contribution in [0.25, 0.3) is 11.1 Å². The van der Waals surface area contributed by atoms with Crippen molar-refractivity contribution in [1.29, 1.82) is 0 Å². The van der Waals surface area contributed by atoms with E-state index in [1.54, 1.807) is 0 Å². The molecule has 0 unspecified atom stereocenters. The normalized spacial score (nSPS) is 12.7.